The lowest BCUT2D eigenvalue weighted by atomic mass is 10.1. The van der Waals surface area contributed by atoms with Crippen molar-refractivity contribution in [3.05, 3.63) is 28.5 Å². The molecule has 1 heterocycles. The minimum atomic E-state index is 0.114. The van der Waals surface area contributed by atoms with E-state index < -0.39 is 0 Å². The lowest BCUT2D eigenvalue weighted by Crippen LogP contribution is -2.34. The number of hydrogen-bond acceptors (Lipinski definition) is 4. The topological polar surface area (TPSA) is 60.2 Å². The van der Waals surface area contributed by atoms with Crippen LogP contribution in [0.25, 0.3) is 0 Å². The molecule has 0 aliphatic heterocycles. The predicted octanol–water partition coefficient (Wildman–Crippen LogP) is 1.47. The van der Waals surface area contributed by atoms with Gasteiger partial charge in [-0.05, 0) is 34.5 Å². The second-order valence-electron chi connectivity index (χ2n) is 3.68. The van der Waals surface area contributed by atoms with E-state index in [-0.39, 0.29) is 12.1 Å². The first-order valence-electron chi connectivity index (χ1n) is 5.24. The van der Waals surface area contributed by atoms with E-state index >= 15 is 0 Å². The highest BCUT2D eigenvalue weighted by atomic mass is 79.9. The van der Waals surface area contributed by atoms with Gasteiger partial charge in [0.2, 0.25) is 0 Å². The van der Waals surface area contributed by atoms with E-state index in [0.29, 0.717) is 6.54 Å². The van der Waals surface area contributed by atoms with Gasteiger partial charge in [-0.2, -0.15) is 0 Å². The number of halogens is 1. The number of nitrogens with two attached hydrogens (primary N) is 1. The quantitative estimate of drug-likeness (QED) is 0.832. The molecule has 0 saturated carbocycles. The molecule has 0 amide bonds. The van der Waals surface area contributed by atoms with Gasteiger partial charge in [-0.3, -0.25) is 4.98 Å². The van der Waals surface area contributed by atoms with Gasteiger partial charge in [0, 0.05) is 43.1 Å². The molecule has 4 nitrogen and oxygen atoms in total. The third-order valence-corrected chi connectivity index (χ3v) is 2.85. The smallest absolute Gasteiger partial charge is 0.0667 e. The van der Waals surface area contributed by atoms with E-state index in [1.165, 1.54) is 0 Å². The van der Waals surface area contributed by atoms with E-state index in [2.05, 4.69) is 26.2 Å². The van der Waals surface area contributed by atoms with Gasteiger partial charge in [0.05, 0.1) is 6.10 Å². The first kappa shape index (κ1) is 13.6. The summed E-state index contributed by atoms with van der Waals surface area (Å²) in [4.78, 5) is 4.13. The Morgan fingerprint density at radius 3 is 2.88 bits per heavy atom. The molecule has 0 aliphatic rings. The van der Waals surface area contributed by atoms with Crippen molar-refractivity contribution >= 4 is 15.9 Å². The van der Waals surface area contributed by atoms with E-state index in [0.717, 1.165) is 16.6 Å². The largest absolute Gasteiger partial charge is 0.380 e. The van der Waals surface area contributed by atoms with Crippen LogP contribution in [0.2, 0.25) is 0 Å². The zero-order valence-corrected chi connectivity index (χ0v) is 11.2. The number of nitrogens with one attached hydrogen (secondary N) is 1. The molecule has 2 unspecified atom stereocenters. The van der Waals surface area contributed by atoms with Crippen molar-refractivity contribution in [2.45, 2.75) is 19.1 Å². The summed E-state index contributed by atoms with van der Waals surface area (Å²) in [5.74, 6) is 0. The first-order chi connectivity index (χ1) is 7.67. The summed E-state index contributed by atoms with van der Waals surface area (Å²) in [5.41, 5.74) is 6.82. The molecule has 90 valence electrons. The van der Waals surface area contributed by atoms with Crippen molar-refractivity contribution in [1.29, 1.82) is 0 Å². The van der Waals surface area contributed by atoms with Crippen molar-refractivity contribution in [2.24, 2.45) is 5.73 Å². The molecular weight excluding hydrogens is 270 g/mol. The van der Waals surface area contributed by atoms with Gasteiger partial charge < -0.3 is 15.8 Å². The highest BCUT2D eigenvalue weighted by Crippen LogP contribution is 2.15. The summed E-state index contributed by atoms with van der Waals surface area (Å²) in [6.45, 7) is 3.32. The van der Waals surface area contributed by atoms with Crippen molar-refractivity contribution in [3.63, 3.8) is 0 Å². The van der Waals surface area contributed by atoms with E-state index in [9.17, 15) is 0 Å². The standard InChI is InChI=1S/C11H18BrN3O/c1-8(16-2)5-15-11(4-13)9-3-10(12)7-14-6-9/h3,6-8,11,15H,4-5,13H2,1-2H3. The van der Waals surface area contributed by atoms with Crippen molar-refractivity contribution in [3.8, 4) is 0 Å². The molecule has 1 rings (SSSR count). The van der Waals surface area contributed by atoms with Gasteiger partial charge in [0.1, 0.15) is 0 Å². The summed E-state index contributed by atoms with van der Waals surface area (Å²) < 4.78 is 6.14. The maximum Gasteiger partial charge on any atom is 0.0667 e. The van der Waals surface area contributed by atoms with Gasteiger partial charge in [-0.25, -0.2) is 0 Å². The third-order valence-electron chi connectivity index (χ3n) is 2.42. The summed E-state index contributed by atoms with van der Waals surface area (Å²) >= 11 is 3.40. The van der Waals surface area contributed by atoms with Crippen LogP contribution in [0.5, 0.6) is 0 Å². The maximum atomic E-state index is 5.74. The predicted molar refractivity (Wildman–Crippen MR) is 68.2 cm³/mol. The summed E-state index contributed by atoms with van der Waals surface area (Å²) in [5, 5.41) is 3.35. The number of aromatic nitrogens is 1. The van der Waals surface area contributed by atoms with Crippen LogP contribution in [0.1, 0.15) is 18.5 Å². The van der Waals surface area contributed by atoms with Crippen LogP contribution in [0.4, 0.5) is 0 Å². The Morgan fingerprint density at radius 1 is 1.56 bits per heavy atom. The number of hydrogen-bond donors (Lipinski definition) is 2. The highest BCUT2D eigenvalue weighted by molar-refractivity contribution is 9.10. The highest BCUT2D eigenvalue weighted by Gasteiger charge is 2.11. The van der Waals surface area contributed by atoms with Crippen LogP contribution in [-0.2, 0) is 4.74 Å². The van der Waals surface area contributed by atoms with E-state index in [1.807, 2.05) is 19.2 Å². The molecule has 1 aromatic heterocycles. The van der Waals surface area contributed by atoms with Crippen LogP contribution in [-0.4, -0.2) is 31.3 Å². The lowest BCUT2D eigenvalue weighted by molar-refractivity contribution is 0.114. The molecule has 16 heavy (non-hydrogen) atoms. The van der Waals surface area contributed by atoms with Gasteiger partial charge in [0.15, 0.2) is 0 Å². The number of rotatable bonds is 6. The molecule has 0 aliphatic carbocycles. The summed E-state index contributed by atoms with van der Waals surface area (Å²) in [6.07, 6.45) is 3.76. The minimum Gasteiger partial charge on any atom is -0.380 e. The van der Waals surface area contributed by atoms with Crippen LogP contribution in [0.15, 0.2) is 22.9 Å². The SMILES string of the molecule is COC(C)CNC(CN)c1cncc(Br)c1. The number of methoxy groups -OCH3 is 1. The van der Waals surface area contributed by atoms with Gasteiger partial charge in [-0.15, -0.1) is 0 Å². The van der Waals surface area contributed by atoms with E-state index in [4.69, 9.17) is 10.5 Å². The molecule has 1 aromatic rings. The molecule has 2 atom stereocenters. The Balaban J connectivity index is 2.60. The zero-order chi connectivity index (χ0) is 12.0. The number of ether oxygens (including phenoxy) is 1. The van der Waals surface area contributed by atoms with Gasteiger partial charge in [0.25, 0.3) is 0 Å². The van der Waals surface area contributed by atoms with Gasteiger partial charge in [-0.1, -0.05) is 0 Å². The molecule has 3 N–H and O–H groups in total. The van der Waals surface area contributed by atoms with Crippen LogP contribution in [0, 0.1) is 0 Å². The fraction of sp³-hybridized carbons (Fsp3) is 0.545. The Labute approximate surface area is 105 Å². The van der Waals surface area contributed by atoms with E-state index in [1.54, 1.807) is 13.3 Å². The lowest BCUT2D eigenvalue weighted by Gasteiger charge is -2.19. The van der Waals surface area contributed by atoms with Crippen molar-refractivity contribution in [2.75, 3.05) is 20.2 Å². The average molecular weight is 288 g/mol. The Kier molecular flexibility index (Phi) is 5.90. The zero-order valence-electron chi connectivity index (χ0n) is 9.61. The first-order valence-corrected chi connectivity index (χ1v) is 6.03. The summed E-state index contributed by atoms with van der Waals surface area (Å²) in [7, 11) is 1.70. The molecule has 0 aromatic carbocycles. The number of nitrogens with zero attached hydrogens (tertiary/aromatic N) is 1. The third kappa shape index (κ3) is 4.17. The molecule has 0 fully saturated rings. The second kappa shape index (κ2) is 6.96. The molecule has 0 radical (unpaired) electrons. The minimum absolute atomic E-state index is 0.114. The van der Waals surface area contributed by atoms with Crippen LogP contribution >= 0.6 is 15.9 Å². The van der Waals surface area contributed by atoms with Crippen LogP contribution in [0.3, 0.4) is 0 Å². The fourth-order valence-electron chi connectivity index (χ4n) is 1.35. The molecule has 0 bridgehead atoms. The Morgan fingerprint density at radius 2 is 2.31 bits per heavy atom. The molecule has 5 heteroatoms. The van der Waals surface area contributed by atoms with Crippen LogP contribution < -0.4 is 11.1 Å². The van der Waals surface area contributed by atoms with Gasteiger partial charge >= 0.3 is 0 Å². The molecular formula is C11H18BrN3O. The average Bonchev–Trinajstić information content (AvgIpc) is 2.29. The van der Waals surface area contributed by atoms with Crippen molar-refractivity contribution < 1.29 is 4.74 Å². The molecule has 0 saturated heterocycles. The normalized spacial score (nSPS) is 14.8. The molecule has 0 spiro atoms. The Bertz CT molecular complexity index is 322. The second-order valence-corrected chi connectivity index (χ2v) is 4.60. The fourth-order valence-corrected chi connectivity index (χ4v) is 1.73. The summed E-state index contributed by atoms with van der Waals surface area (Å²) in [6, 6.07) is 2.14. The maximum absolute atomic E-state index is 5.74. The van der Waals surface area contributed by atoms with Crippen molar-refractivity contribution in [1.82, 2.24) is 10.3 Å². The monoisotopic (exact) mass is 287 g/mol. The number of pyridine rings is 1. The Hall–Kier alpha value is -0.490.